The molecule has 21 heavy (non-hydrogen) atoms. The highest BCUT2D eigenvalue weighted by atomic mass is 16.6. The third-order valence-electron chi connectivity index (χ3n) is 4.83. The van der Waals surface area contributed by atoms with E-state index in [0.717, 1.165) is 6.42 Å². The lowest BCUT2D eigenvalue weighted by atomic mass is 10.0. The predicted octanol–water partition coefficient (Wildman–Crippen LogP) is 5.41. The Balaban J connectivity index is 1.37. The molecule has 2 heteroatoms. The van der Waals surface area contributed by atoms with Crippen molar-refractivity contribution in [1.29, 1.82) is 0 Å². The summed E-state index contributed by atoms with van der Waals surface area (Å²) in [7, 11) is 0. The highest BCUT2D eigenvalue weighted by Crippen LogP contribution is 2.39. The Morgan fingerprint density at radius 1 is 0.762 bits per heavy atom. The summed E-state index contributed by atoms with van der Waals surface area (Å²) in [5.74, 6) is 0. The van der Waals surface area contributed by atoms with Gasteiger partial charge in [-0.1, -0.05) is 57.9 Å². The van der Waals surface area contributed by atoms with E-state index in [9.17, 15) is 0 Å². The second-order valence-electron chi connectivity index (χ2n) is 6.79. The molecule has 0 amide bonds. The SMILES string of the molecule is C=CCCCCCCC[C@H]1O[C@H]1C[C@H]1O[C@H]1CCCCC. The van der Waals surface area contributed by atoms with Crippen LogP contribution < -0.4 is 0 Å². The van der Waals surface area contributed by atoms with E-state index < -0.39 is 0 Å². The zero-order valence-electron chi connectivity index (χ0n) is 13.9. The Hall–Kier alpha value is -0.340. The average Bonchev–Trinajstić information content (AvgIpc) is 3.39. The molecule has 0 aromatic carbocycles. The van der Waals surface area contributed by atoms with Gasteiger partial charge in [0.25, 0.3) is 0 Å². The molecule has 2 aliphatic heterocycles. The van der Waals surface area contributed by atoms with Crippen molar-refractivity contribution in [3.8, 4) is 0 Å². The summed E-state index contributed by atoms with van der Waals surface area (Å²) in [6.45, 7) is 6.02. The summed E-state index contributed by atoms with van der Waals surface area (Å²) in [5.41, 5.74) is 0. The fourth-order valence-corrected chi connectivity index (χ4v) is 3.27. The van der Waals surface area contributed by atoms with Crippen LogP contribution in [-0.2, 0) is 9.47 Å². The smallest absolute Gasteiger partial charge is 0.0867 e. The molecule has 2 aliphatic rings. The first-order chi connectivity index (χ1) is 10.3. The van der Waals surface area contributed by atoms with Gasteiger partial charge in [0.15, 0.2) is 0 Å². The van der Waals surface area contributed by atoms with Crippen molar-refractivity contribution >= 4 is 0 Å². The average molecular weight is 294 g/mol. The Kier molecular flexibility index (Phi) is 7.81. The van der Waals surface area contributed by atoms with Crippen LogP contribution in [0.1, 0.15) is 84.0 Å². The number of ether oxygens (including phenoxy) is 2. The zero-order valence-corrected chi connectivity index (χ0v) is 13.9. The van der Waals surface area contributed by atoms with Gasteiger partial charge in [0.1, 0.15) is 0 Å². The molecule has 0 bridgehead atoms. The van der Waals surface area contributed by atoms with E-state index in [2.05, 4.69) is 13.5 Å². The van der Waals surface area contributed by atoms with Crippen molar-refractivity contribution in [3.63, 3.8) is 0 Å². The Morgan fingerprint density at radius 3 is 1.95 bits per heavy atom. The van der Waals surface area contributed by atoms with E-state index in [-0.39, 0.29) is 0 Å². The van der Waals surface area contributed by atoms with Crippen molar-refractivity contribution in [1.82, 2.24) is 0 Å². The van der Waals surface area contributed by atoms with Gasteiger partial charge in [0, 0.05) is 6.42 Å². The van der Waals surface area contributed by atoms with E-state index in [0.29, 0.717) is 24.4 Å². The van der Waals surface area contributed by atoms with Crippen LogP contribution in [0.5, 0.6) is 0 Å². The third kappa shape index (κ3) is 6.97. The second kappa shape index (κ2) is 9.63. The number of unbranched alkanes of at least 4 members (excludes halogenated alkanes) is 7. The van der Waals surface area contributed by atoms with E-state index in [1.54, 1.807) is 0 Å². The summed E-state index contributed by atoms with van der Waals surface area (Å²) in [6.07, 6.45) is 19.8. The van der Waals surface area contributed by atoms with E-state index in [1.807, 2.05) is 6.08 Å². The van der Waals surface area contributed by atoms with Crippen LogP contribution in [0.25, 0.3) is 0 Å². The molecule has 0 aromatic heterocycles. The van der Waals surface area contributed by atoms with Crippen LogP contribution in [0.3, 0.4) is 0 Å². The zero-order chi connectivity index (χ0) is 14.9. The second-order valence-corrected chi connectivity index (χ2v) is 6.79. The van der Waals surface area contributed by atoms with Gasteiger partial charge in [0.2, 0.25) is 0 Å². The normalized spacial score (nSPS) is 30.3. The highest BCUT2D eigenvalue weighted by molar-refractivity contribution is 4.94. The molecule has 0 spiro atoms. The number of hydrogen-bond acceptors (Lipinski definition) is 2. The van der Waals surface area contributed by atoms with Crippen molar-refractivity contribution in [2.75, 3.05) is 0 Å². The molecule has 0 radical (unpaired) electrons. The molecular formula is C19H34O2. The molecule has 0 aromatic rings. The molecule has 2 nitrogen and oxygen atoms in total. The quantitative estimate of drug-likeness (QED) is 0.243. The largest absolute Gasteiger partial charge is 0.369 e. The summed E-state index contributed by atoms with van der Waals surface area (Å²) < 4.78 is 11.5. The number of allylic oxidation sites excluding steroid dienone is 1. The van der Waals surface area contributed by atoms with Gasteiger partial charge in [-0.3, -0.25) is 0 Å². The van der Waals surface area contributed by atoms with Crippen molar-refractivity contribution in [3.05, 3.63) is 12.7 Å². The number of rotatable bonds is 14. The van der Waals surface area contributed by atoms with Gasteiger partial charge in [-0.15, -0.1) is 6.58 Å². The van der Waals surface area contributed by atoms with Gasteiger partial charge in [-0.25, -0.2) is 0 Å². The molecule has 122 valence electrons. The maximum Gasteiger partial charge on any atom is 0.0867 e. The van der Waals surface area contributed by atoms with Crippen molar-refractivity contribution in [2.24, 2.45) is 0 Å². The monoisotopic (exact) mass is 294 g/mol. The molecule has 0 unspecified atom stereocenters. The van der Waals surface area contributed by atoms with Gasteiger partial charge in [0.05, 0.1) is 24.4 Å². The summed E-state index contributed by atoms with van der Waals surface area (Å²) in [5, 5.41) is 0. The first-order valence-electron chi connectivity index (χ1n) is 9.27. The standard InChI is InChI=1S/C19H34O2/c1-3-5-7-8-9-10-12-14-17-19(21-17)15-18-16(20-18)13-11-6-4-2/h3,16-19H,1,4-15H2,2H3/t16-,17+,18+,19-/m0/s1. The van der Waals surface area contributed by atoms with Gasteiger partial charge in [-0.2, -0.15) is 0 Å². The molecule has 2 fully saturated rings. The van der Waals surface area contributed by atoms with Gasteiger partial charge < -0.3 is 9.47 Å². The van der Waals surface area contributed by atoms with Crippen molar-refractivity contribution in [2.45, 2.75) is 108 Å². The highest BCUT2D eigenvalue weighted by Gasteiger charge is 2.47. The molecule has 2 rings (SSSR count). The Bertz CT molecular complexity index is 289. The lowest BCUT2D eigenvalue weighted by molar-refractivity contribution is 0.318. The van der Waals surface area contributed by atoms with Crippen LogP contribution in [0.4, 0.5) is 0 Å². The predicted molar refractivity (Wildman–Crippen MR) is 88.6 cm³/mol. The van der Waals surface area contributed by atoms with E-state index in [1.165, 1.54) is 70.6 Å². The van der Waals surface area contributed by atoms with Crippen LogP contribution in [0.2, 0.25) is 0 Å². The molecule has 0 aliphatic carbocycles. The number of epoxide rings is 2. The maximum absolute atomic E-state index is 5.79. The molecular weight excluding hydrogens is 260 g/mol. The molecule has 2 saturated heterocycles. The minimum Gasteiger partial charge on any atom is -0.369 e. The van der Waals surface area contributed by atoms with Crippen LogP contribution in [0.15, 0.2) is 12.7 Å². The minimum absolute atomic E-state index is 0.520. The Morgan fingerprint density at radius 2 is 1.33 bits per heavy atom. The van der Waals surface area contributed by atoms with Crippen molar-refractivity contribution < 1.29 is 9.47 Å². The first kappa shape index (κ1) is 17.0. The van der Waals surface area contributed by atoms with Gasteiger partial charge in [-0.05, 0) is 25.7 Å². The van der Waals surface area contributed by atoms with Crippen LogP contribution in [0, 0.1) is 0 Å². The molecule has 0 saturated carbocycles. The minimum atomic E-state index is 0.520. The molecule has 0 N–H and O–H groups in total. The lowest BCUT2D eigenvalue weighted by Crippen LogP contribution is -2.02. The fraction of sp³-hybridized carbons (Fsp3) is 0.895. The fourth-order valence-electron chi connectivity index (χ4n) is 3.27. The third-order valence-corrected chi connectivity index (χ3v) is 4.83. The molecule has 2 heterocycles. The maximum atomic E-state index is 5.79. The molecule has 4 atom stereocenters. The number of hydrogen-bond donors (Lipinski definition) is 0. The summed E-state index contributed by atoms with van der Waals surface area (Å²) >= 11 is 0. The Labute approximate surface area is 131 Å². The first-order valence-corrected chi connectivity index (χ1v) is 9.27. The van der Waals surface area contributed by atoms with Crippen LogP contribution in [-0.4, -0.2) is 24.4 Å². The van der Waals surface area contributed by atoms with Crippen LogP contribution >= 0.6 is 0 Å². The topological polar surface area (TPSA) is 25.1 Å². The van der Waals surface area contributed by atoms with E-state index in [4.69, 9.17) is 9.47 Å². The summed E-state index contributed by atoms with van der Waals surface area (Å²) in [4.78, 5) is 0. The summed E-state index contributed by atoms with van der Waals surface area (Å²) in [6, 6.07) is 0. The van der Waals surface area contributed by atoms with Gasteiger partial charge >= 0.3 is 0 Å². The lowest BCUT2D eigenvalue weighted by Gasteiger charge is -1.99. The van der Waals surface area contributed by atoms with E-state index >= 15 is 0 Å².